The highest BCUT2D eigenvalue weighted by atomic mass is 16.3. The van der Waals surface area contributed by atoms with E-state index in [2.05, 4.69) is 10.6 Å². The molecule has 3 rings (SSSR count). The summed E-state index contributed by atoms with van der Waals surface area (Å²) in [6.45, 7) is 0. The molecular weight excluding hydrogens is 410 g/mol. The second-order valence-electron chi connectivity index (χ2n) is 7.96. The normalized spacial score (nSPS) is 18.8. The zero-order chi connectivity index (χ0) is 23.1. The van der Waals surface area contributed by atoms with Crippen LogP contribution in [0.4, 0.5) is 0 Å². The van der Waals surface area contributed by atoms with Gasteiger partial charge in [-0.2, -0.15) is 0 Å². The molecule has 0 unspecified atom stereocenters. The van der Waals surface area contributed by atoms with Gasteiger partial charge in [0.25, 0.3) is 11.8 Å². The van der Waals surface area contributed by atoms with E-state index in [-0.39, 0.29) is 12.2 Å². The first-order valence-corrected chi connectivity index (χ1v) is 10.6. The van der Waals surface area contributed by atoms with Crippen LogP contribution in [0.5, 0.6) is 0 Å². The Morgan fingerprint density at radius 1 is 0.969 bits per heavy atom. The van der Waals surface area contributed by atoms with Crippen LogP contribution in [0.3, 0.4) is 0 Å². The van der Waals surface area contributed by atoms with Crippen molar-refractivity contribution < 1.29 is 24.3 Å². The van der Waals surface area contributed by atoms with E-state index in [4.69, 9.17) is 5.73 Å². The Kier molecular flexibility index (Phi) is 7.72. The summed E-state index contributed by atoms with van der Waals surface area (Å²) in [5.74, 6) is -2.49. The fourth-order valence-corrected chi connectivity index (χ4v) is 3.97. The Bertz CT molecular complexity index is 964. The van der Waals surface area contributed by atoms with E-state index in [9.17, 15) is 24.3 Å². The van der Waals surface area contributed by atoms with Crippen LogP contribution in [0.15, 0.2) is 60.7 Å². The summed E-state index contributed by atoms with van der Waals surface area (Å²) in [6, 6.07) is 14.9. The fourth-order valence-electron chi connectivity index (χ4n) is 3.97. The first-order valence-electron chi connectivity index (χ1n) is 10.6. The number of benzene rings is 2. The van der Waals surface area contributed by atoms with Gasteiger partial charge in [0.05, 0.1) is 6.04 Å². The van der Waals surface area contributed by atoms with Crippen LogP contribution in [-0.4, -0.2) is 40.8 Å². The molecule has 0 radical (unpaired) electrons. The molecule has 8 nitrogen and oxygen atoms in total. The third-order valence-electron chi connectivity index (χ3n) is 5.66. The Balaban J connectivity index is 1.79. The zero-order valence-corrected chi connectivity index (χ0v) is 17.6. The van der Waals surface area contributed by atoms with Gasteiger partial charge >= 0.3 is 0 Å². The molecule has 2 aromatic carbocycles. The molecule has 1 aliphatic rings. The molecule has 32 heavy (non-hydrogen) atoms. The maximum Gasteiger partial charge on any atom is 0.252 e. The second-order valence-corrected chi connectivity index (χ2v) is 7.96. The molecule has 0 heterocycles. The van der Waals surface area contributed by atoms with E-state index in [1.165, 1.54) is 0 Å². The molecule has 1 fully saturated rings. The van der Waals surface area contributed by atoms with Gasteiger partial charge in [0, 0.05) is 18.4 Å². The minimum Gasteiger partial charge on any atom is -0.381 e. The number of rotatable bonds is 8. The lowest BCUT2D eigenvalue weighted by molar-refractivity contribution is -0.136. The Morgan fingerprint density at radius 2 is 1.59 bits per heavy atom. The molecule has 2 aromatic rings. The number of nitrogens with two attached hydrogens (primary N) is 1. The molecule has 4 atom stereocenters. The summed E-state index contributed by atoms with van der Waals surface area (Å²) in [5, 5.41) is 16.1. The summed E-state index contributed by atoms with van der Waals surface area (Å²) < 4.78 is 0. The number of Topliss-reactive ketones (excluding diaryl/α,β-unsaturated/α-hetero) is 1. The first kappa shape index (κ1) is 23.1. The molecule has 168 valence electrons. The van der Waals surface area contributed by atoms with Crippen molar-refractivity contribution in [3.05, 3.63) is 71.8 Å². The number of primary amides is 1. The number of hydrogen-bond acceptors (Lipinski definition) is 5. The quantitative estimate of drug-likeness (QED) is 0.492. The van der Waals surface area contributed by atoms with Crippen molar-refractivity contribution in [2.45, 2.75) is 43.9 Å². The molecule has 3 amide bonds. The number of amides is 3. The monoisotopic (exact) mass is 437 g/mol. The van der Waals surface area contributed by atoms with Crippen LogP contribution < -0.4 is 16.4 Å². The predicted molar refractivity (Wildman–Crippen MR) is 117 cm³/mol. The van der Waals surface area contributed by atoms with Crippen LogP contribution in [0.25, 0.3) is 0 Å². The van der Waals surface area contributed by atoms with Gasteiger partial charge in [-0.3, -0.25) is 19.2 Å². The van der Waals surface area contributed by atoms with Gasteiger partial charge in [0.15, 0.2) is 6.10 Å². The van der Waals surface area contributed by atoms with Crippen LogP contribution in [0.2, 0.25) is 0 Å². The van der Waals surface area contributed by atoms with Crippen LogP contribution in [0, 0.1) is 5.92 Å². The summed E-state index contributed by atoms with van der Waals surface area (Å²) >= 11 is 0. The number of ketones is 1. The Hall–Kier alpha value is -3.52. The van der Waals surface area contributed by atoms with Crippen molar-refractivity contribution >= 4 is 23.5 Å². The van der Waals surface area contributed by atoms with Crippen LogP contribution >= 0.6 is 0 Å². The average Bonchev–Trinajstić information content (AvgIpc) is 2.81. The highest BCUT2D eigenvalue weighted by Gasteiger charge is 2.36. The average molecular weight is 437 g/mol. The molecule has 0 bridgehead atoms. The fraction of sp³-hybridized carbons (Fsp3) is 0.333. The zero-order valence-electron chi connectivity index (χ0n) is 17.6. The lowest BCUT2D eigenvalue weighted by Gasteiger charge is -2.30. The number of aliphatic hydroxyl groups is 1. The third-order valence-corrected chi connectivity index (χ3v) is 5.66. The van der Waals surface area contributed by atoms with Crippen molar-refractivity contribution in [2.24, 2.45) is 11.7 Å². The summed E-state index contributed by atoms with van der Waals surface area (Å²) in [5.41, 5.74) is 6.38. The topological polar surface area (TPSA) is 139 Å². The minimum atomic E-state index is -1.69. The molecule has 0 aliphatic heterocycles. The molecular formula is C24H27N3O5. The predicted octanol–water partition coefficient (Wildman–Crippen LogP) is 1.25. The van der Waals surface area contributed by atoms with Crippen molar-refractivity contribution in [1.29, 1.82) is 0 Å². The largest absolute Gasteiger partial charge is 0.381 e. The van der Waals surface area contributed by atoms with Crippen molar-refractivity contribution in [3.63, 3.8) is 0 Å². The maximum atomic E-state index is 12.9. The third kappa shape index (κ3) is 5.79. The molecule has 1 saturated carbocycles. The molecule has 0 aromatic heterocycles. The number of carbonyl (C=O) groups excluding carboxylic acids is 4. The van der Waals surface area contributed by atoms with Gasteiger partial charge in [-0.25, -0.2) is 0 Å². The van der Waals surface area contributed by atoms with E-state index in [0.29, 0.717) is 30.4 Å². The van der Waals surface area contributed by atoms with E-state index in [1.54, 1.807) is 60.7 Å². The summed E-state index contributed by atoms with van der Waals surface area (Å²) in [4.78, 5) is 49.4. The highest BCUT2D eigenvalue weighted by Crippen LogP contribution is 2.25. The van der Waals surface area contributed by atoms with Gasteiger partial charge in [-0.1, -0.05) is 48.5 Å². The number of aliphatic hydroxyl groups excluding tert-OH is 1. The lowest BCUT2D eigenvalue weighted by atomic mass is 9.82. The van der Waals surface area contributed by atoms with E-state index in [0.717, 1.165) is 0 Å². The van der Waals surface area contributed by atoms with Crippen LogP contribution in [0.1, 0.15) is 47.6 Å². The van der Waals surface area contributed by atoms with E-state index in [1.807, 2.05) is 0 Å². The Morgan fingerprint density at radius 3 is 2.19 bits per heavy atom. The van der Waals surface area contributed by atoms with Gasteiger partial charge < -0.3 is 21.5 Å². The minimum absolute atomic E-state index is 0.0135. The van der Waals surface area contributed by atoms with E-state index < -0.39 is 41.8 Å². The standard InChI is InChI=1S/C24H27N3O5/c25-22(30)20(17-12-7-13-18(28)14-17)27-24(32)21(29)19(15-8-3-1-4-9-15)26-23(31)16-10-5-2-6-11-16/h1-6,8-11,17,19-21,29H,7,12-14H2,(H2,25,30)(H,26,31)(H,27,32)/t17-,19-,20+,21+/m0/s1. The molecule has 0 saturated heterocycles. The van der Waals surface area contributed by atoms with Gasteiger partial charge in [0.1, 0.15) is 11.8 Å². The second kappa shape index (κ2) is 10.7. The molecule has 5 N–H and O–H groups in total. The first-order chi connectivity index (χ1) is 15.4. The van der Waals surface area contributed by atoms with Crippen molar-refractivity contribution in [3.8, 4) is 0 Å². The van der Waals surface area contributed by atoms with Crippen molar-refractivity contribution in [2.75, 3.05) is 0 Å². The number of hydrogen-bond donors (Lipinski definition) is 4. The molecule has 1 aliphatic carbocycles. The number of carbonyl (C=O) groups is 4. The highest BCUT2D eigenvalue weighted by molar-refractivity contribution is 5.95. The Labute approximate surface area is 186 Å². The van der Waals surface area contributed by atoms with E-state index >= 15 is 0 Å². The van der Waals surface area contributed by atoms with Crippen molar-refractivity contribution in [1.82, 2.24) is 10.6 Å². The van der Waals surface area contributed by atoms with Gasteiger partial charge in [-0.15, -0.1) is 0 Å². The summed E-state index contributed by atoms with van der Waals surface area (Å²) in [6.07, 6.45) is 0.0941. The smallest absolute Gasteiger partial charge is 0.252 e. The van der Waals surface area contributed by atoms with Gasteiger partial charge in [-0.05, 0) is 36.5 Å². The molecule has 0 spiro atoms. The lowest BCUT2D eigenvalue weighted by Crippen LogP contribution is -2.54. The molecule has 8 heteroatoms. The van der Waals surface area contributed by atoms with Gasteiger partial charge in [0.2, 0.25) is 5.91 Å². The summed E-state index contributed by atoms with van der Waals surface area (Å²) in [7, 11) is 0. The maximum absolute atomic E-state index is 12.9. The van der Waals surface area contributed by atoms with Crippen LogP contribution in [-0.2, 0) is 14.4 Å². The SMILES string of the molecule is NC(=O)[C@H](NC(=O)[C@H](O)[C@@H](NC(=O)c1ccccc1)c1ccccc1)[C@H]1CCCC(=O)C1. The number of nitrogens with one attached hydrogen (secondary N) is 2.